The SMILES string of the molecule is C/C=C/c1ccc2oc(-c3ccc(OC)cc3)c(C)c2c1. The van der Waals surface area contributed by atoms with Crippen molar-refractivity contribution in [2.24, 2.45) is 0 Å². The van der Waals surface area contributed by atoms with Gasteiger partial charge in [-0.25, -0.2) is 0 Å². The first-order valence-corrected chi connectivity index (χ1v) is 7.03. The summed E-state index contributed by atoms with van der Waals surface area (Å²) in [5.74, 6) is 1.77. The molecule has 0 aliphatic rings. The zero-order valence-corrected chi connectivity index (χ0v) is 12.5. The number of benzene rings is 2. The van der Waals surface area contributed by atoms with Crippen molar-refractivity contribution in [1.82, 2.24) is 0 Å². The lowest BCUT2D eigenvalue weighted by molar-refractivity contribution is 0.415. The lowest BCUT2D eigenvalue weighted by Crippen LogP contribution is -1.82. The highest BCUT2D eigenvalue weighted by Gasteiger charge is 2.12. The van der Waals surface area contributed by atoms with Crippen LogP contribution in [0.15, 0.2) is 53.0 Å². The molecule has 2 nitrogen and oxygen atoms in total. The molecule has 0 saturated heterocycles. The van der Waals surface area contributed by atoms with Crippen LogP contribution in [0.5, 0.6) is 5.75 Å². The average Bonchev–Trinajstić information content (AvgIpc) is 2.85. The van der Waals surface area contributed by atoms with Gasteiger partial charge in [-0.1, -0.05) is 18.2 Å². The molecule has 0 aliphatic carbocycles. The van der Waals surface area contributed by atoms with Crippen molar-refractivity contribution in [2.45, 2.75) is 13.8 Å². The first-order valence-electron chi connectivity index (χ1n) is 7.03. The van der Waals surface area contributed by atoms with Crippen LogP contribution in [0, 0.1) is 6.92 Å². The summed E-state index contributed by atoms with van der Waals surface area (Å²) in [4.78, 5) is 0. The first kappa shape index (κ1) is 13.5. The predicted octanol–water partition coefficient (Wildman–Crippen LogP) is 5.45. The number of hydrogen-bond donors (Lipinski definition) is 0. The molecule has 0 unspecified atom stereocenters. The normalized spacial score (nSPS) is 11.4. The molecule has 0 bridgehead atoms. The van der Waals surface area contributed by atoms with Crippen LogP contribution in [-0.4, -0.2) is 7.11 Å². The lowest BCUT2D eigenvalue weighted by Gasteiger charge is -2.01. The zero-order valence-electron chi connectivity index (χ0n) is 12.5. The van der Waals surface area contributed by atoms with E-state index in [1.54, 1.807) is 7.11 Å². The van der Waals surface area contributed by atoms with Gasteiger partial charge < -0.3 is 9.15 Å². The van der Waals surface area contributed by atoms with Gasteiger partial charge in [0.25, 0.3) is 0 Å². The largest absolute Gasteiger partial charge is 0.497 e. The van der Waals surface area contributed by atoms with Gasteiger partial charge >= 0.3 is 0 Å². The maximum Gasteiger partial charge on any atom is 0.138 e. The minimum Gasteiger partial charge on any atom is -0.497 e. The molecular formula is C19H18O2. The maximum absolute atomic E-state index is 6.03. The minimum absolute atomic E-state index is 0.850. The first-order chi connectivity index (χ1) is 10.2. The van der Waals surface area contributed by atoms with Gasteiger partial charge in [-0.2, -0.15) is 0 Å². The van der Waals surface area contributed by atoms with Crippen molar-refractivity contribution in [1.29, 1.82) is 0 Å². The predicted molar refractivity (Wildman–Crippen MR) is 87.6 cm³/mol. The second kappa shape index (κ2) is 5.49. The molecule has 0 fully saturated rings. The summed E-state index contributed by atoms with van der Waals surface area (Å²) in [6.07, 6.45) is 4.14. The van der Waals surface area contributed by atoms with E-state index in [4.69, 9.17) is 9.15 Å². The van der Waals surface area contributed by atoms with Crippen LogP contribution in [0.1, 0.15) is 18.1 Å². The Bertz CT molecular complexity index is 792. The van der Waals surface area contributed by atoms with E-state index in [1.165, 1.54) is 11.1 Å². The van der Waals surface area contributed by atoms with E-state index in [0.717, 1.165) is 28.0 Å². The molecule has 2 heteroatoms. The van der Waals surface area contributed by atoms with E-state index in [2.05, 4.69) is 25.1 Å². The van der Waals surface area contributed by atoms with Crippen molar-refractivity contribution in [3.63, 3.8) is 0 Å². The summed E-state index contributed by atoms with van der Waals surface area (Å²) in [5, 5.41) is 1.16. The quantitative estimate of drug-likeness (QED) is 0.635. The molecular weight excluding hydrogens is 260 g/mol. The Morgan fingerprint density at radius 1 is 1.05 bits per heavy atom. The fourth-order valence-corrected chi connectivity index (χ4v) is 2.55. The summed E-state index contributed by atoms with van der Waals surface area (Å²) < 4.78 is 11.2. The monoisotopic (exact) mass is 278 g/mol. The van der Waals surface area contributed by atoms with Crippen LogP contribution in [-0.2, 0) is 0 Å². The summed E-state index contributed by atoms with van der Waals surface area (Å²) in [5.41, 5.74) is 4.35. The van der Waals surface area contributed by atoms with Gasteiger partial charge in [0.1, 0.15) is 17.1 Å². The van der Waals surface area contributed by atoms with Gasteiger partial charge in [0.15, 0.2) is 0 Å². The molecule has 3 rings (SSSR count). The standard InChI is InChI=1S/C19H18O2/c1-4-5-14-6-11-18-17(12-14)13(2)19(21-18)15-7-9-16(20-3)10-8-15/h4-12H,1-3H3/b5-4+. The molecule has 0 spiro atoms. The molecule has 3 aromatic rings. The molecule has 1 aromatic heterocycles. The van der Waals surface area contributed by atoms with Crippen LogP contribution in [0.4, 0.5) is 0 Å². The third-order valence-electron chi connectivity index (χ3n) is 3.67. The molecule has 1 heterocycles. The molecule has 0 saturated carbocycles. The van der Waals surface area contributed by atoms with Crippen LogP contribution in [0.3, 0.4) is 0 Å². The number of furan rings is 1. The molecule has 0 amide bonds. The van der Waals surface area contributed by atoms with E-state index >= 15 is 0 Å². The van der Waals surface area contributed by atoms with Gasteiger partial charge in [-0.05, 0) is 55.8 Å². The third-order valence-corrected chi connectivity index (χ3v) is 3.67. The Labute approximate surface area is 124 Å². The Kier molecular flexibility index (Phi) is 3.53. The Morgan fingerprint density at radius 2 is 1.81 bits per heavy atom. The smallest absolute Gasteiger partial charge is 0.138 e. The maximum atomic E-state index is 6.03. The van der Waals surface area contributed by atoms with Crippen molar-refractivity contribution in [2.75, 3.05) is 7.11 Å². The van der Waals surface area contributed by atoms with Gasteiger partial charge in [0, 0.05) is 16.5 Å². The van der Waals surface area contributed by atoms with Gasteiger partial charge in [0.05, 0.1) is 7.11 Å². The number of rotatable bonds is 3. The third kappa shape index (κ3) is 2.45. The Hall–Kier alpha value is -2.48. The summed E-state index contributed by atoms with van der Waals surface area (Å²) in [6, 6.07) is 14.2. The van der Waals surface area contributed by atoms with E-state index in [0.29, 0.717) is 0 Å². The van der Waals surface area contributed by atoms with Crippen molar-refractivity contribution in [3.8, 4) is 17.1 Å². The molecule has 106 valence electrons. The highest BCUT2D eigenvalue weighted by Crippen LogP contribution is 2.34. The van der Waals surface area contributed by atoms with Crippen LogP contribution < -0.4 is 4.74 Å². The fraction of sp³-hybridized carbons (Fsp3) is 0.158. The second-order valence-electron chi connectivity index (χ2n) is 5.04. The van der Waals surface area contributed by atoms with Gasteiger partial charge in [0.2, 0.25) is 0 Å². The molecule has 21 heavy (non-hydrogen) atoms. The van der Waals surface area contributed by atoms with Crippen LogP contribution in [0.2, 0.25) is 0 Å². The number of ether oxygens (including phenoxy) is 1. The van der Waals surface area contributed by atoms with E-state index in [1.807, 2.05) is 43.3 Å². The van der Waals surface area contributed by atoms with E-state index in [-0.39, 0.29) is 0 Å². The lowest BCUT2D eigenvalue weighted by atomic mass is 10.0. The Morgan fingerprint density at radius 3 is 2.48 bits per heavy atom. The topological polar surface area (TPSA) is 22.4 Å². The highest BCUT2D eigenvalue weighted by molar-refractivity contribution is 5.89. The van der Waals surface area contributed by atoms with Crippen LogP contribution in [0.25, 0.3) is 28.4 Å². The number of aryl methyl sites for hydroxylation is 1. The average molecular weight is 278 g/mol. The molecule has 0 atom stereocenters. The highest BCUT2D eigenvalue weighted by atomic mass is 16.5. The number of methoxy groups -OCH3 is 1. The number of hydrogen-bond acceptors (Lipinski definition) is 2. The van der Waals surface area contributed by atoms with Crippen molar-refractivity contribution in [3.05, 3.63) is 59.7 Å². The summed E-state index contributed by atoms with van der Waals surface area (Å²) >= 11 is 0. The molecule has 0 aliphatic heterocycles. The molecule has 0 N–H and O–H groups in total. The molecule has 2 aromatic carbocycles. The van der Waals surface area contributed by atoms with Crippen molar-refractivity contribution >= 4 is 17.0 Å². The van der Waals surface area contributed by atoms with Crippen molar-refractivity contribution < 1.29 is 9.15 Å². The Balaban J connectivity index is 2.12. The molecule has 0 radical (unpaired) electrons. The van der Waals surface area contributed by atoms with Gasteiger partial charge in [-0.15, -0.1) is 0 Å². The number of allylic oxidation sites excluding steroid dienone is 1. The zero-order chi connectivity index (χ0) is 14.8. The van der Waals surface area contributed by atoms with E-state index in [9.17, 15) is 0 Å². The minimum atomic E-state index is 0.850. The van der Waals surface area contributed by atoms with E-state index < -0.39 is 0 Å². The van der Waals surface area contributed by atoms with Gasteiger partial charge in [-0.3, -0.25) is 0 Å². The van der Waals surface area contributed by atoms with Crippen LogP contribution >= 0.6 is 0 Å². The summed E-state index contributed by atoms with van der Waals surface area (Å²) in [6.45, 7) is 4.13. The fourth-order valence-electron chi connectivity index (χ4n) is 2.55. The second-order valence-corrected chi connectivity index (χ2v) is 5.04. The summed E-state index contributed by atoms with van der Waals surface area (Å²) in [7, 11) is 1.67. The number of fused-ring (bicyclic) bond motifs is 1.